The van der Waals surface area contributed by atoms with Gasteiger partial charge in [0.05, 0.1) is 0 Å². The average Bonchev–Trinajstić information content (AvgIpc) is 3.11. The number of likely N-dealkylation sites (N-methyl/N-ethyl adjacent to an activating group) is 1. The van der Waals surface area contributed by atoms with E-state index in [0.717, 1.165) is 19.5 Å². The molecule has 0 aliphatic carbocycles. The smallest absolute Gasteiger partial charge is 0.0386 e. The Morgan fingerprint density at radius 2 is 1.90 bits per heavy atom. The Balaban J connectivity index is 1.68. The monoisotopic (exact) mass is 308 g/mol. The van der Waals surface area contributed by atoms with Crippen LogP contribution < -0.4 is 5.32 Å². The molecule has 110 valence electrons. The van der Waals surface area contributed by atoms with Crippen molar-refractivity contribution in [2.45, 2.75) is 32.4 Å². The number of hydrogen-bond acceptors (Lipinski definition) is 4. The zero-order valence-corrected chi connectivity index (χ0v) is 14.1. The van der Waals surface area contributed by atoms with Gasteiger partial charge in [-0.1, -0.05) is 12.1 Å². The first-order valence-electron chi connectivity index (χ1n) is 7.16. The van der Waals surface area contributed by atoms with E-state index in [4.69, 9.17) is 0 Å². The molecule has 1 N–H and O–H groups in total. The van der Waals surface area contributed by atoms with E-state index in [-0.39, 0.29) is 0 Å². The molecule has 2 nitrogen and oxygen atoms in total. The molecule has 0 radical (unpaired) electrons. The summed E-state index contributed by atoms with van der Waals surface area (Å²) in [6.45, 7) is 6.66. The summed E-state index contributed by atoms with van der Waals surface area (Å²) in [6, 6.07) is 9.73. The fraction of sp³-hybridized carbons (Fsp3) is 0.500. The van der Waals surface area contributed by atoms with Gasteiger partial charge in [-0.2, -0.15) is 0 Å². The van der Waals surface area contributed by atoms with Crippen LogP contribution in [0.4, 0.5) is 0 Å². The molecule has 0 bridgehead atoms. The summed E-state index contributed by atoms with van der Waals surface area (Å²) in [5.74, 6) is 0. The van der Waals surface area contributed by atoms with Gasteiger partial charge in [-0.15, -0.1) is 22.7 Å². The van der Waals surface area contributed by atoms with Crippen molar-refractivity contribution in [1.82, 2.24) is 10.2 Å². The molecule has 2 rings (SSSR count). The summed E-state index contributed by atoms with van der Waals surface area (Å²) in [7, 11) is 2.22. The molecule has 0 saturated heterocycles. The fourth-order valence-electron chi connectivity index (χ4n) is 2.19. The van der Waals surface area contributed by atoms with E-state index >= 15 is 0 Å². The zero-order chi connectivity index (χ0) is 14.4. The predicted molar refractivity (Wildman–Crippen MR) is 90.9 cm³/mol. The SMILES string of the molecule is CC(NCCN(C)C(C)Cc1cccs1)c1cccs1. The molecule has 2 aromatic rings. The van der Waals surface area contributed by atoms with Crippen molar-refractivity contribution in [2.75, 3.05) is 20.1 Å². The molecule has 20 heavy (non-hydrogen) atoms. The lowest BCUT2D eigenvalue weighted by atomic mass is 10.2. The molecule has 2 aromatic heterocycles. The van der Waals surface area contributed by atoms with E-state index in [2.05, 4.69) is 66.1 Å². The van der Waals surface area contributed by atoms with Crippen LogP contribution in [-0.4, -0.2) is 31.1 Å². The second-order valence-corrected chi connectivity index (χ2v) is 7.32. The molecule has 2 unspecified atom stereocenters. The third-order valence-corrected chi connectivity index (χ3v) is 5.67. The van der Waals surface area contributed by atoms with E-state index in [1.165, 1.54) is 9.75 Å². The second-order valence-electron chi connectivity index (χ2n) is 5.30. The van der Waals surface area contributed by atoms with Gasteiger partial charge in [0.25, 0.3) is 0 Å². The molecule has 0 aromatic carbocycles. The lowest BCUT2D eigenvalue weighted by Gasteiger charge is -2.25. The summed E-state index contributed by atoms with van der Waals surface area (Å²) >= 11 is 3.68. The topological polar surface area (TPSA) is 15.3 Å². The van der Waals surface area contributed by atoms with Gasteiger partial charge >= 0.3 is 0 Å². The van der Waals surface area contributed by atoms with Crippen LogP contribution in [0.3, 0.4) is 0 Å². The Hall–Kier alpha value is -0.680. The summed E-state index contributed by atoms with van der Waals surface area (Å²) < 4.78 is 0. The Bertz CT molecular complexity index is 465. The van der Waals surface area contributed by atoms with Crippen molar-refractivity contribution >= 4 is 22.7 Å². The molecule has 0 saturated carbocycles. The molecular formula is C16H24N2S2. The fourth-order valence-corrected chi connectivity index (χ4v) is 3.78. The molecular weight excluding hydrogens is 284 g/mol. The minimum absolute atomic E-state index is 0.455. The normalized spacial score (nSPS) is 14.6. The molecule has 2 heterocycles. The number of thiophene rings is 2. The van der Waals surface area contributed by atoms with E-state index in [1.807, 2.05) is 22.7 Å². The average molecular weight is 309 g/mol. The first kappa shape index (κ1) is 15.7. The van der Waals surface area contributed by atoms with Crippen LogP contribution in [-0.2, 0) is 6.42 Å². The van der Waals surface area contributed by atoms with Gasteiger partial charge in [0.15, 0.2) is 0 Å². The van der Waals surface area contributed by atoms with E-state index in [1.54, 1.807) is 0 Å². The van der Waals surface area contributed by atoms with Crippen molar-refractivity contribution in [2.24, 2.45) is 0 Å². The predicted octanol–water partition coefficient (Wildman–Crippen LogP) is 4.02. The van der Waals surface area contributed by atoms with Crippen LogP contribution in [0.15, 0.2) is 35.0 Å². The van der Waals surface area contributed by atoms with Crippen LogP contribution in [0.2, 0.25) is 0 Å². The lowest BCUT2D eigenvalue weighted by Crippen LogP contribution is -2.36. The Labute approximate surface area is 130 Å². The molecule has 2 atom stereocenters. The van der Waals surface area contributed by atoms with Crippen molar-refractivity contribution in [3.63, 3.8) is 0 Å². The molecule has 0 spiro atoms. The molecule has 0 aliphatic heterocycles. The van der Waals surface area contributed by atoms with Gasteiger partial charge < -0.3 is 10.2 Å². The van der Waals surface area contributed by atoms with Gasteiger partial charge in [-0.25, -0.2) is 0 Å². The number of nitrogens with one attached hydrogen (secondary N) is 1. The number of nitrogens with zero attached hydrogens (tertiary/aromatic N) is 1. The van der Waals surface area contributed by atoms with Gasteiger partial charge in [0.2, 0.25) is 0 Å². The maximum Gasteiger partial charge on any atom is 0.0386 e. The first-order valence-corrected chi connectivity index (χ1v) is 8.92. The van der Waals surface area contributed by atoms with Crippen LogP contribution in [0.1, 0.15) is 29.6 Å². The van der Waals surface area contributed by atoms with Crippen molar-refractivity contribution < 1.29 is 0 Å². The highest BCUT2D eigenvalue weighted by Gasteiger charge is 2.11. The minimum Gasteiger partial charge on any atom is -0.308 e. The molecule has 4 heteroatoms. The van der Waals surface area contributed by atoms with E-state index in [0.29, 0.717) is 12.1 Å². The van der Waals surface area contributed by atoms with E-state index < -0.39 is 0 Å². The largest absolute Gasteiger partial charge is 0.308 e. The highest BCUT2D eigenvalue weighted by molar-refractivity contribution is 7.10. The van der Waals surface area contributed by atoms with Crippen LogP contribution >= 0.6 is 22.7 Å². The Morgan fingerprint density at radius 1 is 1.15 bits per heavy atom. The summed E-state index contributed by atoms with van der Waals surface area (Å²) in [6.07, 6.45) is 1.15. The van der Waals surface area contributed by atoms with Crippen molar-refractivity contribution in [3.8, 4) is 0 Å². The van der Waals surface area contributed by atoms with Crippen LogP contribution in [0.25, 0.3) is 0 Å². The van der Waals surface area contributed by atoms with Crippen molar-refractivity contribution in [3.05, 3.63) is 44.8 Å². The van der Waals surface area contributed by atoms with Crippen LogP contribution in [0, 0.1) is 0 Å². The Kier molecular flexibility index (Phi) is 6.23. The van der Waals surface area contributed by atoms with Gasteiger partial charge in [-0.05, 0) is 50.2 Å². The quantitative estimate of drug-likeness (QED) is 0.792. The Morgan fingerprint density at radius 3 is 2.55 bits per heavy atom. The first-order chi connectivity index (χ1) is 9.66. The van der Waals surface area contributed by atoms with Crippen LogP contribution in [0.5, 0.6) is 0 Å². The lowest BCUT2D eigenvalue weighted by molar-refractivity contribution is 0.254. The zero-order valence-electron chi connectivity index (χ0n) is 12.5. The third kappa shape index (κ3) is 4.70. The van der Waals surface area contributed by atoms with Gasteiger partial charge in [0, 0.05) is 34.9 Å². The highest BCUT2D eigenvalue weighted by atomic mass is 32.1. The van der Waals surface area contributed by atoms with Gasteiger partial charge in [0.1, 0.15) is 0 Å². The minimum atomic E-state index is 0.455. The van der Waals surface area contributed by atoms with E-state index in [9.17, 15) is 0 Å². The standard InChI is InChI=1S/C16H24N2S2/c1-13(12-15-6-4-10-19-15)18(3)9-8-17-14(2)16-7-5-11-20-16/h4-7,10-11,13-14,17H,8-9,12H2,1-3H3. The maximum atomic E-state index is 3.60. The van der Waals surface area contributed by atoms with Gasteiger partial charge in [-0.3, -0.25) is 0 Å². The molecule has 0 fully saturated rings. The summed E-state index contributed by atoms with van der Waals surface area (Å²) in [5.41, 5.74) is 0. The molecule has 0 amide bonds. The third-order valence-electron chi connectivity index (χ3n) is 3.71. The molecule has 0 aliphatic rings. The highest BCUT2D eigenvalue weighted by Crippen LogP contribution is 2.18. The maximum absolute atomic E-state index is 3.60. The summed E-state index contributed by atoms with van der Waals surface area (Å²) in [4.78, 5) is 5.33. The number of hydrogen-bond donors (Lipinski definition) is 1. The summed E-state index contributed by atoms with van der Waals surface area (Å²) in [5, 5.41) is 7.90. The second kappa shape index (κ2) is 7.93. The van der Waals surface area contributed by atoms with Crippen molar-refractivity contribution in [1.29, 1.82) is 0 Å². The number of rotatable bonds is 8.